The number of hydrogen-bond donors (Lipinski definition) is 1. The number of rotatable bonds is 5. The SMILES string of the molecule is CCC1(CNCc2ccc(F)c(Br)c2)CCCC1. The molecule has 0 aliphatic heterocycles. The fourth-order valence-corrected chi connectivity index (χ4v) is 3.33. The summed E-state index contributed by atoms with van der Waals surface area (Å²) in [5.41, 5.74) is 1.64. The summed E-state index contributed by atoms with van der Waals surface area (Å²) in [5, 5.41) is 3.54. The molecule has 0 heterocycles. The van der Waals surface area contributed by atoms with Gasteiger partial charge < -0.3 is 5.32 Å². The molecule has 0 aromatic heterocycles. The zero-order valence-corrected chi connectivity index (χ0v) is 12.5. The van der Waals surface area contributed by atoms with Crippen LogP contribution < -0.4 is 5.32 Å². The maximum absolute atomic E-state index is 13.1. The second-order valence-electron chi connectivity index (χ2n) is 5.41. The van der Waals surface area contributed by atoms with Crippen LogP contribution in [0.25, 0.3) is 0 Å². The quantitative estimate of drug-likeness (QED) is 0.834. The zero-order valence-electron chi connectivity index (χ0n) is 10.9. The molecular formula is C15H21BrFN. The van der Waals surface area contributed by atoms with Gasteiger partial charge in [0.25, 0.3) is 0 Å². The monoisotopic (exact) mass is 313 g/mol. The Morgan fingerprint density at radius 1 is 1.33 bits per heavy atom. The van der Waals surface area contributed by atoms with Crippen molar-refractivity contribution >= 4 is 15.9 Å². The molecule has 1 aromatic rings. The number of benzene rings is 1. The van der Waals surface area contributed by atoms with Crippen molar-refractivity contribution in [2.24, 2.45) is 5.41 Å². The fraction of sp³-hybridized carbons (Fsp3) is 0.600. The van der Waals surface area contributed by atoms with Gasteiger partial charge in [0.15, 0.2) is 0 Å². The molecule has 18 heavy (non-hydrogen) atoms. The second-order valence-corrected chi connectivity index (χ2v) is 6.27. The van der Waals surface area contributed by atoms with Crippen LogP contribution in [0.2, 0.25) is 0 Å². The van der Waals surface area contributed by atoms with Crippen molar-refractivity contribution in [1.82, 2.24) is 5.32 Å². The van der Waals surface area contributed by atoms with Crippen molar-refractivity contribution in [3.8, 4) is 0 Å². The van der Waals surface area contributed by atoms with E-state index in [-0.39, 0.29) is 5.82 Å². The predicted molar refractivity (Wildman–Crippen MR) is 77.0 cm³/mol. The van der Waals surface area contributed by atoms with Crippen LogP contribution in [-0.4, -0.2) is 6.54 Å². The minimum absolute atomic E-state index is 0.195. The van der Waals surface area contributed by atoms with E-state index in [1.165, 1.54) is 38.2 Å². The smallest absolute Gasteiger partial charge is 0.137 e. The topological polar surface area (TPSA) is 12.0 Å². The van der Waals surface area contributed by atoms with Crippen molar-refractivity contribution in [2.45, 2.75) is 45.6 Å². The molecular weight excluding hydrogens is 293 g/mol. The third-order valence-electron chi connectivity index (χ3n) is 4.23. The van der Waals surface area contributed by atoms with E-state index in [4.69, 9.17) is 0 Å². The maximum Gasteiger partial charge on any atom is 0.137 e. The Kier molecular flexibility index (Phi) is 4.79. The first-order valence-corrected chi connectivity index (χ1v) is 7.59. The molecule has 0 unspecified atom stereocenters. The van der Waals surface area contributed by atoms with Gasteiger partial charge in [-0.15, -0.1) is 0 Å². The Morgan fingerprint density at radius 2 is 2.06 bits per heavy atom. The van der Waals surface area contributed by atoms with Gasteiger partial charge in [-0.05, 0) is 58.3 Å². The molecule has 0 bridgehead atoms. The Morgan fingerprint density at radius 3 is 2.67 bits per heavy atom. The van der Waals surface area contributed by atoms with E-state index >= 15 is 0 Å². The molecule has 0 amide bonds. The summed E-state index contributed by atoms with van der Waals surface area (Å²) in [4.78, 5) is 0. The highest BCUT2D eigenvalue weighted by Gasteiger charge is 2.31. The normalized spacial score (nSPS) is 18.2. The molecule has 0 saturated heterocycles. The molecule has 1 N–H and O–H groups in total. The first-order valence-electron chi connectivity index (χ1n) is 6.80. The first kappa shape index (κ1) is 14.0. The Balaban J connectivity index is 1.86. The average molecular weight is 314 g/mol. The fourth-order valence-electron chi connectivity index (χ4n) is 2.90. The Labute approximate surface area is 117 Å². The summed E-state index contributed by atoms with van der Waals surface area (Å²) in [5.74, 6) is -0.195. The zero-order chi connectivity index (χ0) is 13.0. The number of halogens is 2. The van der Waals surface area contributed by atoms with E-state index in [1.54, 1.807) is 0 Å². The average Bonchev–Trinajstić information content (AvgIpc) is 2.83. The van der Waals surface area contributed by atoms with E-state index < -0.39 is 0 Å². The molecule has 1 nitrogen and oxygen atoms in total. The summed E-state index contributed by atoms with van der Waals surface area (Å²) in [6.07, 6.45) is 6.70. The lowest BCUT2D eigenvalue weighted by molar-refractivity contribution is 0.268. The van der Waals surface area contributed by atoms with Gasteiger partial charge in [0.2, 0.25) is 0 Å². The van der Waals surface area contributed by atoms with Gasteiger partial charge in [-0.1, -0.05) is 25.8 Å². The van der Waals surface area contributed by atoms with Gasteiger partial charge in [0, 0.05) is 13.1 Å². The van der Waals surface area contributed by atoms with Gasteiger partial charge in [-0.3, -0.25) is 0 Å². The van der Waals surface area contributed by atoms with Gasteiger partial charge in [-0.25, -0.2) is 4.39 Å². The third kappa shape index (κ3) is 3.33. The van der Waals surface area contributed by atoms with E-state index in [2.05, 4.69) is 28.2 Å². The molecule has 1 fully saturated rings. The van der Waals surface area contributed by atoms with Gasteiger partial charge in [0.1, 0.15) is 5.82 Å². The molecule has 1 saturated carbocycles. The maximum atomic E-state index is 13.1. The van der Waals surface area contributed by atoms with Crippen molar-refractivity contribution in [3.63, 3.8) is 0 Å². The predicted octanol–water partition coefficient (Wildman–Crippen LogP) is 4.65. The van der Waals surface area contributed by atoms with Crippen molar-refractivity contribution < 1.29 is 4.39 Å². The van der Waals surface area contributed by atoms with Crippen molar-refractivity contribution in [3.05, 3.63) is 34.1 Å². The van der Waals surface area contributed by atoms with Crippen LogP contribution in [-0.2, 0) is 6.54 Å². The van der Waals surface area contributed by atoms with Crippen LogP contribution >= 0.6 is 15.9 Å². The Bertz CT molecular complexity index is 399. The van der Waals surface area contributed by atoms with Crippen LogP contribution in [0.15, 0.2) is 22.7 Å². The molecule has 2 rings (SSSR count). The summed E-state index contributed by atoms with van der Waals surface area (Å²) >= 11 is 3.23. The molecule has 0 radical (unpaired) electrons. The molecule has 0 spiro atoms. The highest BCUT2D eigenvalue weighted by molar-refractivity contribution is 9.10. The van der Waals surface area contributed by atoms with Gasteiger partial charge in [0.05, 0.1) is 4.47 Å². The highest BCUT2D eigenvalue weighted by Crippen LogP contribution is 2.40. The standard InChI is InChI=1S/C15H21BrFN/c1-2-15(7-3-4-8-15)11-18-10-12-5-6-14(17)13(16)9-12/h5-6,9,18H,2-4,7-8,10-11H2,1H3. The Hall–Kier alpha value is -0.410. The molecule has 0 atom stereocenters. The number of nitrogens with one attached hydrogen (secondary N) is 1. The van der Waals surface area contributed by atoms with E-state index in [0.717, 1.165) is 18.7 Å². The van der Waals surface area contributed by atoms with Crippen LogP contribution in [0, 0.1) is 11.2 Å². The van der Waals surface area contributed by atoms with E-state index in [9.17, 15) is 4.39 Å². The van der Waals surface area contributed by atoms with Crippen LogP contribution in [0.3, 0.4) is 0 Å². The third-order valence-corrected chi connectivity index (χ3v) is 4.84. The lowest BCUT2D eigenvalue weighted by Gasteiger charge is -2.27. The van der Waals surface area contributed by atoms with Crippen molar-refractivity contribution in [2.75, 3.05) is 6.54 Å². The summed E-state index contributed by atoms with van der Waals surface area (Å²) < 4.78 is 13.7. The van der Waals surface area contributed by atoms with E-state index in [0.29, 0.717) is 9.89 Å². The lowest BCUT2D eigenvalue weighted by Crippen LogP contribution is -2.31. The summed E-state index contributed by atoms with van der Waals surface area (Å²) in [7, 11) is 0. The van der Waals surface area contributed by atoms with Crippen LogP contribution in [0.4, 0.5) is 4.39 Å². The number of hydrogen-bond acceptors (Lipinski definition) is 1. The molecule has 1 aliphatic rings. The highest BCUT2D eigenvalue weighted by atomic mass is 79.9. The minimum Gasteiger partial charge on any atom is -0.312 e. The minimum atomic E-state index is -0.195. The first-order chi connectivity index (χ1) is 8.65. The summed E-state index contributed by atoms with van der Waals surface area (Å²) in [6.45, 7) is 4.20. The second kappa shape index (κ2) is 6.16. The van der Waals surface area contributed by atoms with E-state index in [1.807, 2.05) is 12.1 Å². The van der Waals surface area contributed by atoms with Gasteiger partial charge >= 0.3 is 0 Å². The van der Waals surface area contributed by atoms with Gasteiger partial charge in [-0.2, -0.15) is 0 Å². The molecule has 3 heteroatoms. The molecule has 1 aromatic carbocycles. The van der Waals surface area contributed by atoms with Crippen molar-refractivity contribution in [1.29, 1.82) is 0 Å². The largest absolute Gasteiger partial charge is 0.312 e. The van der Waals surface area contributed by atoms with Crippen LogP contribution in [0.1, 0.15) is 44.6 Å². The summed E-state index contributed by atoms with van der Waals surface area (Å²) in [6, 6.07) is 5.22. The van der Waals surface area contributed by atoms with Crippen LogP contribution in [0.5, 0.6) is 0 Å². The lowest BCUT2D eigenvalue weighted by atomic mass is 9.83. The molecule has 1 aliphatic carbocycles. The molecule has 100 valence electrons.